The summed E-state index contributed by atoms with van der Waals surface area (Å²) in [5.41, 5.74) is 2.68. The van der Waals surface area contributed by atoms with Crippen molar-refractivity contribution in [2.75, 3.05) is 10.6 Å². The summed E-state index contributed by atoms with van der Waals surface area (Å²) in [4.78, 5) is 11.7. The van der Waals surface area contributed by atoms with Crippen LogP contribution in [-0.2, 0) is 11.3 Å². The van der Waals surface area contributed by atoms with E-state index in [9.17, 15) is 9.90 Å². The number of carbonyl (C=O) groups is 1. The van der Waals surface area contributed by atoms with Gasteiger partial charge in [-0.1, -0.05) is 32.0 Å². The molecule has 2 aromatic rings. The Balaban J connectivity index is 1.99. The molecule has 0 heterocycles. The average Bonchev–Trinajstić information content (AvgIpc) is 2.45. The van der Waals surface area contributed by atoms with Gasteiger partial charge in [0, 0.05) is 23.8 Å². The molecule has 0 spiro atoms. The van der Waals surface area contributed by atoms with Crippen molar-refractivity contribution in [2.24, 2.45) is 5.92 Å². The van der Waals surface area contributed by atoms with Crippen molar-refractivity contribution in [3.05, 3.63) is 54.1 Å². The molecule has 2 aromatic carbocycles. The van der Waals surface area contributed by atoms with Crippen LogP contribution >= 0.6 is 0 Å². The number of phenolic OH excluding ortho intramolecular Hbond substituents is 1. The van der Waals surface area contributed by atoms with E-state index in [2.05, 4.69) is 10.6 Å². The molecular weight excluding hydrogens is 264 g/mol. The van der Waals surface area contributed by atoms with E-state index in [-0.39, 0.29) is 17.6 Å². The summed E-state index contributed by atoms with van der Waals surface area (Å²) in [5, 5.41) is 15.6. The van der Waals surface area contributed by atoms with Crippen molar-refractivity contribution in [3.8, 4) is 5.75 Å². The molecule has 0 aromatic heterocycles. The van der Waals surface area contributed by atoms with Crippen LogP contribution in [-0.4, -0.2) is 11.0 Å². The van der Waals surface area contributed by atoms with E-state index in [0.29, 0.717) is 6.54 Å². The van der Waals surface area contributed by atoms with Crippen LogP contribution in [0.25, 0.3) is 0 Å². The molecule has 21 heavy (non-hydrogen) atoms. The van der Waals surface area contributed by atoms with Gasteiger partial charge in [0.1, 0.15) is 5.75 Å². The number of benzene rings is 2. The third-order valence-electron chi connectivity index (χ3n) is 3.06. The highest BCUT2D eigenvalue weighted by atomic mass is 16.3. The smallest absolute Gasteiger partial charge is 0.226 e. The Bertz CT molecular complexity index is 624. The maximum atomic E-state index is 11.7. The molecule has 0 bridgehead atoms. The fourth-order valence-electron chi connectivity index (χ4n) is 1.86. The van der Waals surface area contributed by atoms with Crippen LogP contribution in [0.2, 0.25) is 0 Å². The summed E-state index contributed by atoms with van der Waals surface area (Å²) in [5.74, 6) is 0.210. The predicted octanol–water partition coefficient (Wildman–Crippen LogP) is 3.60. The molecule has 4 nitrogen and oxygen atoms in total. The molecule has 3 N–H and O–H groups in total. The van der Waals surface area contributed by atoms with Gasteiger partial charge in [-0.25, -0.2) is 0 Å². The fourth-order valence-corrected chi connectivity index (χ4v) is 1.86. The molecule has 0 aliphatic rings. The lowest BCUT2D eigenvalue weighted by Gasteiger charge is -2.11. The lowest BCUT2D eigenvalue weighted by atomic mass is 10.2. The van der Waals surface area contributed by atoms with Gasteiger partial charge >= 0.3 is 0 Å². The van der Waals surface area contributed by atoms with Crippen LogP contribution < -0.4 is 10.6 Å². The Morgan fingerprint density at radius 3 is 2.52 bits per heavy atom. The standard InChI is InChI=1S/C17H20N2O2/c1-12(2)17(21)19-15-7-4-6-14(10-15)18-11-13-5-3-8-16(20)9-13/h3-10,12,18,20H,11H2,1-2H3,(H,19,21). The van der Waals surface area contributed by atoms with E-state index < -0.39 is 0 Å². The van der Waals surface area contributed by atoms with Crippen LogP contribution in [0.3, 0.4) is 0 Å². The molecular formula is C17H20N2O2. The van der Waals surface area contributed by atoms with Gasteiger partial charge in [-0.2, -0.15) is 0 Å². The molecule has 0 radical (unpaired) electrons. The number of anilines is 2. The summed E-state index contributed by atoms with van der Waals surface area (Å²) in [6.45, 7) is 4.33. The summed E-state index contributed by atoms with van der Waals surface area (Å²) < 4.78 is 0. The molecule has 0 saturated carbocycles. The van der Waals surface area contributed by atoms with Crippen molar-refractivity contribution in [2.45, 2.75) is 20.4 Å². The van der Waals surface area contributed by atoms with Gasteiger partial charge in [0.25, 0.3) is 0 Å². The Hall–Kier alpha value is -2.49. The number of carbonyl (C=O) groups excluding carboxylic acids is 1. The summed E-state index contributed by atoms with van der Waals surface area (Å²) in [6, 6.07) is 14.7. The molecule has 0 aliphatic carbocycles. The minimum absolute atomic E-state index is 0.000122. The second-order valence-electron chi connectivity index (χ2n) is 5.25. The molecule has 0 fully saturated rings. The predicted molar refractivity (Wildman–Crippen MR) is 85.3 cm³/mol. The second-order valence-corrected chi connectivity index (χ2v) is 5.25. The van der Waals surface area contributed by atoms with Gasteiger partial charge < -0.3 is 15.7 Å². The quantitative estimate of drug-likeness (QED) is 0.786. The maximum Gasteiger partial charge on any atom is 0.226 e. The highest BCUT2D eigenvalue weighted by Crippen LogP contribution is 2.18. The molecule has 0 unspecified atom stereocenters. The lowest BCUT2D eigenvalue weighted by Crippen LogP contribution is -2.17. The molecule has 1 amide bonds. The zero-order valence-electron chi connectivity index (χ0n) is 12.3. The third kappa shape index (κ3) is 4.53. The topological polar surface area (TPSA) is 61.4 Å². The largest absolute Gasteiger partial charge is 0.508 e. The van der Waals surface area contributed by atoms with Crippen LogP contribution in [0.5, 0.6) is 5.75 Å². The van der Waals surface area contributed by atoms with Crippen LogP contribution in [0.1, 0.15) is 19.4 Å². The first-order valence-electron chi connectivity index (χ1n) is 6.97. The highest BCUT2D eigenvalue weighted by Gasteiger charge is 2.07. The van der Waals surface area contributed by atoms with Crippen molar-refractivity contribution in [1.29, 1.82) is 0 Å². The van der Waals surface area contributed by atoms with Crippen LogP contribution in [0, 0.1) is 5.92 Å². The van der Waals surface area contributed by atoms with E-state index in [1.165, 1.54) is 0 Å². The van der Waals surface area contributed by atoms with Crippen LogP contribution in [0.4, 0.5) is 11.4 Å². The Morgan fingerprint density at radius 1 is 1.10 bits per heavy atom. The van der Waals surface area contributed by atoms with Gasteiger partial charge in [-0.05, 0) is 35.9 Å². The number of hydrogen-bond acceptors (Lipinski definition) is 3. The molecule has 2 rings (SSSR count). The first kappa shape index (κ1) is 14.9. The van der Waals surface area contributed by atoms with Gasteiger partial charge in [-0.3, -0.25) is 4.79 Å². The van der Waals surface area contributed by atoms with Crippen LogP contribution in [0.15, 0.2) is 48.5 Å². The van der Waals surface area contributed by atoms with E-state index in [0.717, 1.165) is 16.9 Å². The Labute approximate surface area is 124 Å². The van der Waals surface area contributed by atoms with Crippen molar-refractivity contribution in [3.63, 3.8) is 0 Å². The summed E-state index contributed by atoms with van der Waals surface area (Å²) >= 11 is 0. The first-order chi connectivity index (χ1) is 10.0. The summed E-state index contributed by atoms with van der Waals surface area (Å²) in [6.07, 6.45) is 0. The molecule has 0 saturated heterocycles. The third-order valence-corrected chi connectivity index (χ3v) is 3.06. The van der Waals surface area contributed by atoms with Gasteiger partial charge in [0.05, 0.1) is 0 Å². The summed E-state index contributed by atoms with van der Waals surface area (Å²) in [7, 11) is 0. The Kier molecular flexibility index (Phi) is 4.82. The van der Waals surface area contributed by atoms with E-state index in [1.807, 2.05) is 50.2 Å². The minimum atomic E-state index is -0.0473. The van der Waals surface area contributed by atoms with E-state index in [1.54, 1.807) is 12.1 Å². The molecule has 110 valence electrons. The first-order valence-corrected chi connectivity index (χ1v) is 6.97. The zero-order chi connectivity index (χ0) is 15.2. The second kappa shape index (κ2) is 6.79. The molecule has 4 heteroatoms. The number of nitrogens with one attached hydrogen (secondary N) is 2. The fraction of sp³-hybridized carbons (Fsp3) is 0.235. The van der Waals surface area contributed by atoms with E-state index in [4.69, 9.17) is 0 Å². The number of phenols is 1. The molecule has 0 atom stereocenters. The van der Waals surface area contributed by atoms with Gasteiger partial charge in [0.2, 0.25) is 5.91 Å². The monoisotopic (exact) mass is 284 g/mol. The van der Waals surface area contributed by atoms with Gasteiger partial charge in [0.15, 0.2) is 0 Å². The van der Waals surface area contributed by atoms with E-state index >= 15 is 0 Å². The van der Waals surface area contributed by atoms with Crippen molar-refractivity contribution >= 4 is 17.3 Å². The minimum Gasteiger partial charge on any atom is -0.508 e. The highest BCUT2D eigenvalue weighted by molar-refractivity contribution is 5.92. The maximum absolute atomic E-state index is 11.7. The molecule has 0 aliphatic heterocycles. The number of rotatable bonds is 5. The van der Waals surface area contributed by atoms with Crippen molar-refractivity contribution in [1.82, 2.24) is 0 Å². The average molecular weight is 284 g/mol. The Morgan fingerprint density at radius 2 is 1.81 bits per heavy atom. The van der Waals surface area contributed by atoms with Gasteiger partial charge in [-0.15, -0.1) is 0 Å². The SMILES string of the molecule is CC(C)C(=O)Nc1cccc(NCc2cccc(O)c2)c1. The number of hydrogen-bond donors (Lipinski definition) is 3. The zero-order valence-corrected chi connectivity index (χ0v) is 12.3. The normalized spacial score (nSPS) is 10.4. The lowest BCUT2D eigenvalue weighted by molar-refractivity contribution is -0.118. The number of amides is 1. The number of aromatic hydroxyl groups is 1. The van der Waals surface area contributed by atoms with Crippen molar-refractivity contribution < 1.29 is 9.90 Å².